The lowest BCUT2D eigenvalue weighted by molar-refractivity contribution is -0.147. The van der Waals surface area contributed by atoms with Crippen LogP contribution in [-0.2, 0) is 35.1 Å². The summed E-state index contributed by atoms with van der Waals surface area (Å²) in [5.74, 6) is -0.753. The molecular formula is C42H74N8O6. The average molecular weight is 787 g/mol. The molecule has 1 unspecified atom stereocenters. The maximum atomic E-state index is 14.3. The van der Waals surface area contributed by atoms with Crippen molar-refractivity contribution in [3.8, 4) is 0 Å². The third-order valence-corrected chi connectivity index (χ3v) is 11.2. The van der Waals surface area contributed by atoms with Gasteiger partial charge in [0.25, 0.3) is 0 Å². The first kappa shape index (κ1) is 48.4. The average Bonchev–Trinajstić information content (AvgIpc) is 3.65. The van der Waals surface area contributed by atoms with Gasteiger partial charge in [-0.05, 0) is 37.3 Å². The first-order valence-corrected chi connectivity index (χ1v) is 20.2. The van der Waals surface area contributed by atoms with Crippen LogP contribution in [0, 0.1) is 17.8 Å². The molecule has 1 heterocycles. The highest BCUT2D eigenvalue weighted by Crippen LogP contribution is 2.30. The van der Waals surface area contributed by atoms with Gasteiger partial charge < -0.3 is 44.6 Å². The van der Waals surface area contributed by atoms with Crippen molar-refractivity contribution in [3.05, 3.63) is 35.9 Å². The molecule has 0 aliphatic carbocycles. The number of hydrogen-bond donors (Lipinski definition) is 2. The predicted molar refractivity (Wildman–Crippen MR) is 223 cm³/mol. The molecule has 0 radical (unpaired) electrons. The van der Waals surface area contributed by atoms with Crippen LogP contribution in [0.4, 0.5) is 0 Å². The number of ether oxygens (including phenoxy) is 2. The van der Waals surface area contributed by atoms with Gasteiger partial charge in [0.1, 0.15) is 12.1 Å². The molecule has 0 spiro atoms. The van der Waals surface area contributed by atoms with E-state index in [4.69, 9.17) is 14.5 Å². The molecule has 56 heavy (non-hydrogen) atoms. The summed E-state index contributed by atoms with van der Waals surface area (Å²) in [6, 6.07) is 7.48. The number of likely N-dealkylation sites (tertiary alicyclic amines) is 1. The van der Waals surface area contributed by atoms with Crippen molar-refractivity contribution in [3.63, 3.8) is 0 Å². The van der Waals surface area contributed by atoms with Gasteiger partial charge in [0.05, 0.1) is 36.6 Å². The highest BCUT2D eigenvalue weighted by Gasteiger charge is 2.43. The number of likely N-dealkylation sites (N-methyl/N-ethyl adjacent to an activating group) is 3. The summed E-state index contributed by atoms with van der Waals surface area (Å²) < 4.78 is 12.1. The predicted octanol–water partition coefficient (Wildman–Crippen LogP) is 2.82. The number of carbonyl (C=O) groups is 4. The van der Waals surface area contributed by atoms with Crippen LogP contribution in [0.2, 0.25) is 0 Å². The molecule has 1 aromatic carbocycles. The molecule has 4 amide bonds. The number of hydrogen-bond acceptors (Lipinski definition) is 8. The van der Waals surface area contributed by atoms with E-state index in [9.17, 15) is 19.2 Å². The largest absolute Gasteiger partial charge is 0.379 e. The number of nitrogens with zero attached hydrogens (tertiary/aromatic N) is 6. The molecule has 14 heteroatoms. The van der Waals surface area contributed by atoms with E-state index in [0.717, 1.165) is 18.4 Å². The fraction of sp³-hybridized carbons (Fsp3) is 0.738. The first-order valence-electron chi connectivity index (χ1n) is 20.2. The highest BCUT2D eigenvalue weighted by atomic mass is 16.5. The summed E-state index contributed by atoms with van der Waals surface area (Å²) in [6.07, 6.45) is 1.40. The molecule has 1 fully saturated rings. The monoisotopic (exact) mass is 787 g/mol. The van der Waals surface area contributed by atoms with Crippen LogP contribution in [0.1, 0.15) is 65.9 Å². The van der Waals surface area contributed by atoms with E-state index in [1.807, 2.05) is 94.1 Å². The first-order chi connectivity index (χ1) is 26.4. The van der Waals surface area contributed by atoms with Gasteiger partial charge in [0.15, 0.2) is 5.96 Å². The molecule has 0 aromatic heterocycles. The summed E-state index contributed by atoms with van der Waals surface area (Å²) in [5, 5.41) is 6.10. The molecule has 318 valence electrons. The maximum Gasteiger partial charge on any atom is 0.247 e. The van der Waals surface area contributed by atoms with E-state index in [0.29, 0.717) is 38.4 Å². The van der Waals surface area contributed by atoms with Crippen molar-refractivity contribution in [2.24, 2.45) is 22.7 Å². The van der Waals surface area contributed by atoms with Gasteiger partial charge in [0, 0.05) is 82.6 Å². The fourth-order valence-corrected chi connectivity index (χ4v) is 7.77. The van der Waals surface area contributed by atoms with Crippen molar-refractivity contribution >= 4 is 29.6 Å². The number of carbonyl (C=O) groups excluding carboxylic acids is 4. The molecule has 14 nitrogen and oxygen atoms in total. The Morgan fingerprint density at radius 1 is 0.929 bits per heavy atom. The molecule has 2 rings (SSSR count). The van der Waals surface area contributed by atoms with Crippen LogP contribution in [0.5, 0.6) is 0 Å². The fourth-order valence-electron chi connectivity index (χ4n) is 7.77. The molecule has 8 atom stereocenters. The molecular weight excluding hydrogens is 713 g/mol. The third kappa shape index (κ3) is 13.2. The zero-order valence-corrected chi connectivity index (χ0v) is 36.9. The second-order valence-corrected chi connectivity index (χ2v) is 16.1. The molecule has 1 aliphatic rings. The van der Waals surface area contributed by atoms with Gasteiger partial charge in [0.2, 0.25) is 23.6 Å². The normalized spacial score (nSPS) is 17.9. The minimum Gasteiger partial charge on any atom is -0.379 e. The van der Waals surface area contributed by atoms with Crippen molar-refractivity contribution in [1.82, 2.24) is 35.1 Å². The topological polar surface area (TPSA) is 139 Å². The second kappa shape index (κ2) is 23.5. The van der Waals surface area contributed by atoms with Crippen LogP contribution >= 0.6 is 0 Å². The van der Waals surface area contributed by atoms with E-state index < -0.39 is 36.3 Å². The minimum absolute atomic E-state index is 0.0225. The van der Waals surface area contributed by atoms with E-state index in [2.05, 4.69) is 24.5 Å². The summed E-state index contributed by atoms with van der Waals surface area (Å²) in [7, 11) is 16.1. The van der Waals surface area contributed by atoms with Gasteiger partial charge in [-0.25, -0.2) is 4.99 Å². The quantitative estimate of drug-likeness (QED) is 0.142. The number of methoxy groups -OCH3 is 2. The lowest BCUT2D eigenvalue weighted by Gasteiger charge is -2.40. The Labute approximate surface area is 337 Å². The van der Waals surface area contributed by atoms with Gasteiger partial charge in [-0.3, -0.25) is 19.2 Å². The van der Waals surface area contributed by atoms with Crippen LogP contribution in [0.15, 0.2) is 35.3 Å². The molecule has 0 bridgehead atoms. The molecule has 0 saturated carbocycles. The van der Waals surface area contributed by atoms with E-state index in [1.54, 1.807) is 45.0 Å². The van der Waals surface area contributed by atoms with Crippen molar-refractivity contribution in [1.29, 1.82) is 0 Å². The zero-order valence-electron chi connectivity index (χ0n) is 36.9. The molecule has 1 saturated heterocycles. The van der Waals surface area contributed by atoms with Crippen molar-refractivity contribution < 1.29 is 28.7 Å². The van der Waals surface area contributed by atoms with Gasteiger partial charge in [-0.15, -0.1) is 0 Å². The lowest BCUT2D eigenvalue weighted by atomic mass is 9.89. The standard InChI is InChI=1S/C42H74N8O6/c1-15-29(4)37(49(12)41(54)36(28(2)3)45-42(46(7)8)47(9)10)34(55-13)27-35(51)50-24-19-22-33(50)38(56-14)30(5)39(52)44-32(26-31-20-17-16-18-21-31)40(53)48(11)25-23-43-6/h16-18,20-21,28-30,32-34,36-38,43H,15,19,22-27H2,1-14H3,(H,44,52)/t29-,30+,32-,33-,34+,36?,37-,38+/m0/s1. The molecule has 2 N–H and O–H groups in total. The van der Waals surface area contributed by atoms with Gasteiger partial charge in [-0.1, -0.05) is 71.4 Å². The molecule has 1 aromatic rings. The van der Waals surface area contributed by atoms with Crippen LogP contribution in [0.25, 0.3) is 0 Å². The highest BCUT2D eigenvalue weighted by molar-refractivity contribution is 5.89. The minimum atomic E-state index is -0.772. The lowest BCUT2D eigenvalue weighted by Crippen LogP contribution is -2.56. The second-order valence-electron chi connectivity index (χ2n) is 16.1. The summed E-state index contributed by atoms with van der Waals surface area (Å²) >= 11 is 0. The Morgan fingerprint density at radius 2 is 1.55 bits per heavy atom. The van der Waals surface area contributed by atoms with E-state index in [1.165, 1.54) is 0 Å². The smallest absolute Gasteiger partial charge is 0.247 e. The van der Waals surface area contributed by atoms with Crippen LogP contribution < -0.4 is 10.6 Å². The summed E-state index contributed by atoms with van der Waals surface area (Å²) in [5.41, 5.74) is 0.937. The Kier molecular flexibility index (Phi) is 20.3. The SMILES string of the molecule is CC[C@H](C)[C@@H]([C@@H](CC(=O)N1CCC[C@H]1[C@H](OC)[C@@H](C)C(=O)N[C@@H](Cc1ccccc1)C(=O)N(C)CCNC)OC)N(C)C(=O)C(N=C(N(C)C)N(C)C)C(C)C. The van der Waals surface area contributed by atoms with Crippen LogP contribution in [-0.4, -0.2) is 174 Å². The van der Waals surface area contributed by atoms with Crippen molar-refractivity contribution in [2.75, 3.05) is 83.2 Å². The van der Waals surface area contributed by atoms with E-state index in [-0.39, 0.29) is 47.9 Å². The number of guanidine groups is 1. The number of amides is 4. The Hall–Kier alpha value is -3.75. The Morgan fingerprint density at radius 3 is 2.07 bits per heavy atom. The van der Waals surface area contributed by atoms with E-state index >= 15 is 0 Å². The number of benzene rings is 1. The number of aliphatic imine (C=N–C) groups is 1. The zero-order chi connectivity index (χ0) is 42.3. The Bertz CT molecular complexity index is 1400. The van der Waals surface area contributed by atoms with Crippen LogP contribution in [0.3, 0.4) is 0 Å². The number of nitrogens with one attached hydrogen (secondary N) is 2. The van der Waals surface area contributed by atoms with Crippen molar-refractivity contribution in [2.45, 2.75) is 103 Å². The number of rotatable bonds is 21. The van der Waals surface area contributed by atoms with Gasteiger partial charge >= 0.3 is 0 Å². The summed E-state index contributed by atoms with van der Waals surface area (Å²) in [6.45, 7) is 11.6. The Balaban J connectivity index is 2.34. The van der Waals surface area contributed by atoms with Gasteiger partial charge in [-0.2, -0.15) is 0 Å². The third-order valence-electron chi connectivity index (χ3n) is 11.2. The maximum absolute atomic E-state index is 14.3. The molecule has 1 aliphatic heterocycles. The summed E-state index contributed by atoms with van der Waals surface area (Å²) in [4.78, 5) is 70.0.